The summed E-state index contributed by atoms with van der Waals surface area (Å²) in [4.78, 5) is 37.9. The SMILES string of the molecule is O=C(CO[C@H]1C[C@@H](OC(F)(F)F)C1)NC12CCC(NC(=O)[C@H]3CC(=O)c4cc(F)c(F)cc4O3)(CC1)CC2. The molecule has 1 aromatic carbocycles. The van der Waals surface area contributed by atoms with Gasteiger partial charge in [0, 0.05) is 30.0 Å². The van der Waals surface area contributed by atoms with Gasteiger partial charge in [0.25, 0.3) is 5.91 Å². The van der Waals surface area contributed by atoms with E-state index in [2.05, 4.69) is 15.4 Å². The fourth-order valence-electron chi connectivity index (χ4n) is 5.83. The van der Waals surface area contributed by atoms with Gasteiger partial charge >= 0.3 is 6.36 Å². The molecule has 0 radical (unpaired) electrons. The van der Waals surface area contributed by atoms with Gasteiger partial charge in [-0.05, 0) is 44.6 Å². The smallest absolute Gasteiger partial charge is 0.479 e. The molecule has 38 heavy (non-hydrogen) atoms. The summed E-state index contributed by atoms with van der Waals surface area (Å²) in [6.07, 6.45) is -3.85. The Morgan fingerprint density at radius 1 is 0.947 bits per heavy atom. The van der Waals surface area contributed by atoms with E-state index in [9.17, 15) is 36.3 Å². The Bertz CT molecular complexity index is 1110. The van der Waals surface area contributed by atoms with Crippen LogP contribution in [0.4, 0.5) is 22.0 Å². The molecule has 4 fully saturated rings. The Kier molecular flexibility index (Phi) is 6.87. The first-order chi connectivity index (χ1) is 17.8. The number of carbonyl (C=O) groups is 3. The molecule has 0 aromatic heterocycles. The highest BCUT2D eigenvalue weighted by Gasteiger charge is 2.51. The molecule has 4 saturated carbocycles. The zero-order valence-corrected chi connectivity index (χ0v) is 20.3. The quantitative estimate of drug-likeness (QED) is 0.508. The van der Waals surface area contributed by atoms with Crippen LogP contribution in [-0.4, -0.2) is 60.0 Å². The molecule has 13 heteroatoms. The number of rotatable bonds is 7. The molecule has 5 aliphatic rings. The highest BCUT2D eigenvalue weighted by Crippen LogP contribution is 2.47. The van der Waals surface area contributed by atoms with Gasteiger partial charge in [0.15, 0.2) is 23.5 Å². The number of hydrogen-bond acceptors (Lipinski definition) is 6. The topological polar surface area (TPSA) is 103 Å². The summed E-state index contributed by atoms with van der Waals surface area (Å²) < 4.78 is 78.6. The Labute approximate surface area is 214 Å². The highest BCUT2D eigenvalue weighted by molar-refractivity contribution is 6.03. The van der Waals surface area contributed by atoms with Crippen LogP contribution in [0.5, 0.6) is 5.75 Å². The molecule has 1 aromatic rings. The van der Waals surface area contributed by atoms with Crippen molar-refractivity contribution >= 4 is 17.6 Å². The molecule has 2 bridgehead atoms. The Hall–Kier alpha value is -2.80. The molecule has 1 atom stereocenters. The molecule has 6 rings (SSSR count). The summed E-state index contributed by atoms with van der Waals surface area (Å²) in [7, 11) is 0. The minimum Gasteiger partial charge on any atom is -0.479 e. The lowest BCUT2D eigenvalue weighted by atomic mass is 9.61. The van der Waals surface area contributed by atoms with Gasteiger partial charge in [-0.25, -0.2) is 8.78 Å². The van der Waals surface area contributed by atoms with Gasteiger partial charge in [0.2, 0.25) is 5.91 Å². The number of alkyl halides is 3. The number of carbonyl (C=O) groups excluding carboxylic acids is 3. The Balaban J connectivity index is 1.08. The van der Waals surface area contributed by atoms with Crippen molar-refractivity contribution in [2.24, 2.45) is 0 Å². The van der Waals surface area contributed by atoms with Crippen LogP contribution in [0.15, 0.2) is 12.1 Å². The van der Waals surface area contributed by atoms with Gasteiger partial charge in [0.1, 0.15) is 12.4 Å². The van der Waals surface area contributed by atoms with Crippen LogP contribution >= 0.6 is 0 Å². The van der Waals surface area contributed by atoms with Gasteiger partial charge in [-0.2, -0.15) is 0 Å². The van der Waals surface area contributed by atoms with E-state index in [0.29, 0.717) is 38.5 Å². The third-order valence-corrected chi connectivity index (χ3v) is 8.10. The third-order valence-electron chi connectivity index (χ3n) is 8.10. The van der Waals surface area contributed by atoms with Crippen molar-refractivity contribution in [3.63, 3.8) is 0 Å². The van der Waals surface area contributed by atoms with E-state index in [4.69, 9.17) is 9.47 Å². The maximum Gasteiger partial charge on any atom is 0.522 e. The van der Waals surface area contributed by atoms with E-state index in [-0.39, 0.29) is 43.1 Å². The molecule has 0 spiro atoms. The van der Waals surface area contributed by atoms with Gasteiger partial charge in [-0.3, -0.25) is 19.1 Å². The van der Waals surface area contributed by atoms with Gasteiger partial charge in [-0.15, -0.1) is 13.2 Å². The number of fused-ring (bicyclic) bond motifs is 4. The maximum atomic E-state index is 13.6. The van der Waals surface area contributed by atoms with E-state index in [1.165, 1.54) is 0 Å². The van der Waals surface area contributed by atoms with Crippen molar-refractivity contribution in [3.8, 4) is 5.75 Å². The number of Topliss-reactive ketones (excluding diaryl/α,β-unsaturated/α-hetero) is 1. The number of halogens is 5. The summed E-state index contributed by atoms with van der Waals surface area (Å²) in [5.74, 6) is -3.87. The number of nitrogens with one attached hydrogen (secondary N) is 2. The molecule has 4 aliphatic carbocycles. The summed E-state index contributed by atoms with van der Waals surface area (Å²) in [6, 6.07) is 1.54. The predicted molar refractivity (Wildman–Crippen MR) is 119 cm³/mol. The summed E-state index contributed by atoms with van der Waals surface area (Å²) in [5.41, 5.74) is -1.08. The number of amides is 2. The average molecular weight is 546 g/mol. The minimum atomic E-state index is -4.69. The Morgan fingerprint density at radius 3 is 2.13 bits per heavy atom. The van der Waals surface area contributed by atoms with Crippen LogP contribution in [0.1, 0.15) is 68.1 Å². The predicted octanol–water partition coefficient (Wildman–Crippen LogP) is 3.46. The normalized spacial score (nSPS) is 32.1. The van der Waals surface area contributed by atoms with Crippen LogP contribution < -0.4 is 15.4 Å². The molecular formula is C25H27F5N2O6. The number of ketones is 1. The molecule has 2 amide bonds. The van der Waals surface area contributed by atoms with Gasteiger partial charge in [-0.1, -0.05) is 0 Å². The molecular weight excluding hydrogens is 519 g/mol. The van der Waals surface area contributed by atoms with Crippen molar-refractivity contribution in [2.45, 2.75) is 93.5 Å². The number of hydrogen-bond donors (Lipinski definition) is 2. The monoisotopic (exact) mass is 546 g/mol. The van der Waals surface area contributed by atoms with Crippen molar-refractivity contribution in [1.29, 1.82) is 0 Å². The maximum absolute atomic E-state index is 13.6. The van der Waals surface area contributed by atoms with Crippen molar-refractivity contribution in [2.75, 3.05) is 6.61 Å². The van der Waals surface area contributed by atoms with Crippen LogP contribution in [0, 0.1) is 11.6 Å². The number of ether oxygens (including phenoxy) is 3. The van der Waals surface area contributed by atoms with E-state index in [1.807, 2.05) is 0 Å². The van der Waals surface area contributed by atoms with E-state index in [0.717, 1.165) is 12.1 Å². The molecule has 8 nitrogen and oxygen atoms in total. The molecule has 0 unspecified atom stereocenters. The van der Waals surface area contributed by atoms with Crippen molar-refractivity contribution in [1.82, 2.24) is 10.6 Å². The first-order valence-corrected chi connectivity index (χ1v) is 12.5. The lowest BCUT2D eigenvalue weighted by molar-refractivity contribution is -0.357. The fourth-order valence-corrected chi connectivity index (χ4v) is 5.83. The highest BCUT2D eigenvalue weighted by atomic mass is 19.4. The first kappa shape index (κ1) is 26.8. The Morgan fingerprint density at radius 2 is 1.53 bits per heavy atom. The summed E-state index contributed by atoms with van der Waals surface area (Å²) in [6.45, 7) is -0.258. The van der Waals surface area contributed by atoms with Crippen LogP contribution in [0.3, 0.4) is 0 Å². The average Bonchev–Trinajstić information content (AvgIpc) is 2.82. The summed E-state index contributed by atoms with van der Waals surface area (Å²) in [5, 5.41) is 6.01. The molecule has 1 heterocycles. The molecule has 2 N–H and O–H groups in total. The van der Waals surface area contributed by atoms with E-state index >= 15 is 0 Å². The zero-order valence-electron chi connectivity index (χ0n) is 20.3. The summed E-state index contributed by atoms with van der Waals surface area (Å²) >= 11 is 0. The number of benzene rings is 1. The molecule has 0 saturated heterocycles. The second-order valence-corrected chi connectivity index (χ2v) is 10.7. The first-order valence-electron chi connectivity index (χ1n) is 12.5. The van der Waals surface area contributed by atoms with Crippen molar-refractivity contribution in [3.05, 3.63) is 29.3 Å². The van der Waals surface area contributed by atoms with E-state index < -0.39 is 59.1 Å². The molecule has 208 valence electrons. The minimum absolute atomic E-state index is 0.0773. The van der Waals surface area contributed by atoms with Crippen LogP contribution in [-0.2, 0) is 19.1 Å². The lowest BCUT2D eigenvalue weighted by Crippen LogP contribution is -2.65. The fraction of sp³-hybridized carbons (Fsp3) is 0.640. The van der Waals surface area contributed by atoms with Gasteiger partial charge < -0.3 is 20.1 Å². The molecule has 1 aliphatic heterocycles. The second kappa shape index (κ2) is 9.74. The second-order valence-electron chi connectivity index (χ2n) is 10.7. The van der Waals surface area contributed by atoms with E-state index in [1.54, 1.807) is 0 Å². The zero-order chi connectivity index (χ0) is 27.3. The van der Waals surface area contributed by atoms with Gasteiger partial charge in [0.05, 0.1) is 24.2 Å². The van der Waals surface area contributed by atoms with Crippen LogP contribution in [0.25, 0.3) is 0 Å². The van der Waals surface area contributed by atoms with Crippen molar-refractivity contribution < 1.29 is 50.5 Å². The largest absolute Gasteiger partial charge is 0.522 e. The van der Waals surface area contributed by atoms with Crippen LogP contribution in [0.2, 0.25) is 0 Å². The standard InChI is InChI=1S/C25H27F5N2O6/c26-16-9-15-18(33)11-20(37-19(15)10-17(16)27)22(35)32-24-4-1-23(2-5-24,3-6-24)31-21(34)12-36-13-7-14(8-13)38-25(28,29)30/h9-10,13-14,20H,1-8,11-12H2,(H,31,34)(H,32,35)/t13-,14+,20-,23?,24?/m1/s1. The lowest BCUT2D eigenvalue weighted by Gasteiger charge is -2.54. The third kappa shape index (κ3) is 5.63.